The number of aromatic nitrogens is 1. The number of nitrogens with zero attached hydrogens (tertiary/aromatic N) is 2. The lowest BCUT2D eigenvalue weighted by atomic mass is 9.93. The molecule has 28 heavy (non-hydrogen) atoms. The van der Waals surface area contributed by atoms with Crippen molar-refractivity contribution in [3.05, 3.63) is 45.4 Å². The molecule has 1 unspecified atom stereocenters. The maximum atomic E-state index is 5.50. The fourth-order valence-corrected chi connectivity index (χ4v) is 3.75. The normalized spacial score (nSPS) is 12.9. The Bertz CT molecular complexity index is 783. The third-order valence-corrected chi connectivity index (χ3v) is 5.29. The largest absolute Gasteiger partial charge is 0.496 e. The Morgan fingerprint density at radius 3 is 2.61 bits per heavy atom. The third-order valence-electron chi connectivity index (χ3n) is 4.38. The van der Waals surface area contributed by atoms with Gasteiger partial charge in [0.2, 0.25) is 0 Å². The van der Waals surface area contributed by atoms with Gasteiger partial charge in [-0.1, -0.05) is 38.5 Å². The Morgan fingerprint density at radius 2 is 2.04 bits per heavy atom. The van der Waals surface area contributed by atoms with E-state index in [0.29, 0.717) is 0 Å². The van der Waals surface area contributed by atoms with Crippen molar-refractivity contribution in [2.45, 2.75) is 52.5 Å². The standard InChI is InChI=1S/C21H32N4OS.HI/c1-14-8-9-17(26-7)16(12-14)15(2)24-20(22-6)23-11-10-19-25-18(13-27-19)21(3,4)5;/h8-9,12-13,15H,10-11H2,1-7H3,(H2,22,23,24);1H. The molecule has 0 saturated heterocycles. The van der Waals surface area contributed by atoms with Gasteiger partial charge in [0.05, 0.1) is 23.9 Å². The van der Waals surface area contributed by atoms with Gasteiger partial charge in [0.1, 0.15) is 5.75 Å². The molecule has 0 aliphatic heterocycles. The molecule has 2 rings (SSSR count). The van der Waals surface area contributed by atoms with Crippen LogP contribution in [0.4, 0.5) is 0 Å². The maximum Gasteiger partial charge on any atom is 0.191 e. The molecule has 7 heteroatoms. The molecule has 2 aromatic rings. The van der Waals surface area contributed by atoms with Crippen LogP contribution >= 0.6 is 35.3 Å². The predicted octanol–water partition coefficient (Wildman–Crippen LogP) is 4.84. The van der Waals surface area contributed by atoms with Gasteiger partial charge in [-0.15, -0.1) is 35.3 Å². The minimum atomic E-state index is 0. The number of benzene rings is 1. The van der Waals surface area contributed by atoms with Gasteiger partial charge in [-0.2, -0.15) is 0 Å². The molecule has 1 atom stereocenters. The van der Waals surface area contributed by atoms with E-state index in [9.17, 15) is 0 Å². The molecule has 0 aliphatic rings. The molecular formula is C21H33IN4OS. The first kappa shape index (κ1) is 24.7. The number of hydrogen-bond donors (Lipinski definition) is 2. The summed E-state index contributed by atoms with van der Waals surface area (Å²) >= 11 is 1.73. The van der Waals surface area contributed by atoms with Crippen LogP contribution in [0, 0.1) is 6.92 Å². The van der Waals surface area contributed by atoms with E-state index < -0.39 is 0 Å². The Morgan fingerprint density at radius 1 is 1.32 bits per heavy atom. The monoisotopic (exact) mass is 516 g/mol. The zero-order valence-electron chi connectivity index (χ0n) is 17.9. The summed E-state index contributed by atoms with van der Waals surface area (Å²) in [4.78, 5) is 9.09. The minimum absolute atomic E-state index is 0. The van der Waals surface area contributed by atoms with Crippen LogP contribution in [0.2, 0.25) is 0 Å². The van der Waals surface area contributed by atoms with E-state index in [-0.39, 0.29) is 35.4 Å². The number of nitrogens with one attached hydrogen (secondary N) is 2. The van der Waals surface area contributed by atoms with Crippen molar-refractivity contribution in [1.29, 1.82) is 0 Å². The van der Waals surface area contributed by atoms with Crippen molar-refractivity contribution >= 4 is 41.3 Å². The number of guanidine groups is 1. The summed E-state index contributed by atoms with van der Waals surface area (Å²) < 4.78 is 5.50. The summed E-state index contributed by atoms with van der Waals surface area (Å²) in [5.74, 6) is 1.66. The topological polar surface area (TPSA) is 58.5 Å². The number of halogens is 1. The highest BCUT2D eigenvalue weighted by Crippen LogP contribution is 2.26. The lowest BCUT2D eigenvalue weighted by Gasteiger charge is -2.20. The Labute approximate surface area is 190 Å². The van der Waals surface area contributed by atoms with E-state index >= 15 is 0 Å². The molecule has 0 saturated carbocycles. The van der Waals surface area contributed by atoms with Gasteiger partial charge in [0, 0.05) is 36.4 Å². The Balaban J connectivity index is 0.00000392. The van der Waals surface area contributed by atoms with Crippen molar-refractivity contribution < 1.29 is 4.74 Å². The number of ether oxygens (including phenoxy) is 1. The van der Waals surface area contributed by atoms with Gasteiger partial charge in [0.15, 0.2) is 5.96 Å². The van der Waals surface area contributed by atoms with E-state index in [1.54, 1.807) is 25.5 Å². The molecule has 0 spiro atoms. The summed E-state index contributed by atoms with van der Waals surface area (Å²) in [5, 5.41) is 10.1. The van der Waals surface area contributed by atoms with Gasteiger partial charge >= 0.3 is 0 Å². The second kappa shape index (κ2) is 11.0. The molecule has 1 aromatic heterocycles. The highest BCUT2D eigenvalue weighted by Gasteiger charge is 2.17. The van der Waals surface area contributed by atoms with Crippen molar-refractivity contribution in [3.63, 3.8) is 0 Å². The van der Waals surface area contributed by atoms with E-state index in [1.807, 2.05) is 6.07 Å². The fourth-order valence-electron chi connectivity index (χ4n) is 2.73. The quantitative estimate of drug-likeness (QED) is 0.328. The molecule has 0 amide bonds. The minimum Gasteiger partial charge on any atom is -0.496 e. The molecule has 0 bridgehead atoms. The Kier molecular flexibility index (Phi) is 9.69. The third kappa shape index (κ3) is 6.92. The second-order valence-corrected chi connectivity index (χ2v) is 8.68. The van der Waals surface area contributed by atoms with Crippen LogP contribution in [0.15, 0.2) is 28.6 Å². The molecule has 156 valence electrons. The maximum absolute atomic E-state index is 5.50. The van der Waals surface area contributed by atoms with Gasteiger partial charge < -0.3 is 15.4 Å². The van der Waals surface area contributed by atoms with E-state index in [2.05, 4.69) is 67.8 Å². The SMILES string of the molecule is CN=C(NCCc1nc(C(C)(C)C)cs1)NC(C)c1cc(C)ccc1OC.I. The number of aliphatic imine (C=N–C) groups is 1. The van der Waals surface area contributed by atoms with Crippen LogP contribution in [0.1, 0.15) is 55.6 Å². The molecule has 0 radical (unpaired) electrons. The molecule has 0 fully saturated rings. The summed E-state index contributed by atoms with van der Waals surface area (Å²) in [6.07, 6.45) is 0.879. The van der Waals surface area contributed by atoms with Crippen LogP contribution in [-0.2, 0) is 11.8 Å². The van der Waals surface area contributed by atoms with E-state index in [4.69, 9.17) is 9.72 Å². The number of thiazole rings is 1. The van der Waals surface area contributed by atoms with Gasteiger partial charge in [0.25, 0.3) is 0 Å². The lowest BCUT2D eigenvalue weighted by molar-refractivity contribution is 0.405. The number of rotatable bonds is 6. The van der Waals surface area contributed by atoms with Crippen molar-refractivity contribution in [3.8, 4) is 5.75 Å². The van der Waals surface area contributed by atoms with Crippen LogP contribution in [0.25, 0.3) is 0 Å². The molecule has 0 aliphatic carbocycles. The summed E-state index contributed by atoms with van der Waals surface area (Å²) in [5.41, 5.74) is 3.59. The summed E-state index contributed by atoms with van der Waals surface area (Å²) in [6, 6.07) is 6.29. The molecular weight excluding hydrogens is 483 g/mol. The van der Waals surface area contributed by atoms with Gasteiger partial charge in [-0.25, -0.2) is 4.98 Å². The van der Waals surface area contributed by atoms with E-state index in [1.165, 1.54) is 5.56 Å². The smallest absolute Gasteiger partial charge is 0.191 e. The van der Waals surface area contributed by atoms with Gasteiger partial charge in [-0.3, -0.25) is 4.99 Å². The summed E-state index contributed by atoms with van der Waals surface area (Å²) in [6.45, 7) is 11.6. The first-order chi connectivity index (χ1) is 12.7. The zero-order chi connectivity index (χ0) is 20.0. The van der Waals surface area contributed by atoms with Crippen LogP contribution in [0.5, 0.6) is 5.75 Å². The molecule has 2 N–H and O–H groups in total. The highest BCUT2D eigenvalue weighted by molar-refractivity contribution is 14.0. The molecule has 1 heterocycles. The molecule has 5 nitrogen and oxygen atoms in total. The first-order valence-electron chi connectivity index (χ1n) is 9.31. The number of hydrogen-bond acceptors (Lipinski definition) is 4. The number of methoxy groups -OCH3 is 1. The predicted molar refractivity (Wildman–Crippen MR) is 131 cm³/mol. The second-order valence-electron chi connectivity index (χ2n) is 7.74. The van der Waals surface area contributed by atoms with Crippen molar-refractivity contribution in [1.82, 2.24) is 15.6 Å². The van der Waals surface area contributed by atoms with Crippen LogP contribution in [-0.4, -0.2) is 31.6 Å². The first-order valence-corrected chi connectivity index (χ1v) is 10.2. The van der Waals surface area contributed by atoms with Gasteiger partial charge in [-0.05, 0) is 19.9 Å². The van der Waals surface area contributed by atoms with Crippen LogP contribution < -0.4 is 15.4 Å². The lowest BCUT2D eigenvalue weighted by Crippen LogP contribution is -2.39. The van der Waals surface area contributed by atoms with Crippen molar-refractivity contribution in [2.75, 3.05) is 20.7 Å². The zero-order valence-corrected chi connectivity index (χ0v) is 21.1. The highest BCUT2D eigenvalue weighted by atomic mass is 127. The fraction of sp³-hybridized carbons (Fsp3) is 0.524. The van der Waals surface area contributed by atoms with E-state index in [0.717, 1.165) is 40.9 Å². The van der Waals surface area contributed by atoms with Crippen LogP contribution in [0.3, 0.4) is 0 Å². The summed E-state index contributed by atoms with van der Waals surface area (Å²) in [7, 11) is 3.49. The Hall–Kier alpha value is -1.35. The average molecular weight is 516 g/mol. The van der Waals surface area contributed by atoms with Crippen molar-refractivity contribution in [2.24, 2.45) is 4.99 Å². The number of aryl methyl sites for hydroxylation is 1. The average Bonchev–Trinajstić information content (AvgIpc) is 3.10. The molecule has 1 aromatic carbocycles.